The van der Waals surface area contributed by atoms with Crippen LogP contribution < -0.4 is 4.74 Å². The molecule has 0 fully saturated rings. The smallest absolute Gasteiger partial charge is 0.178 e. The predicted octanol–water partition coefficient (Wildman–Crippen LogP) is 2.88. The Labute approximate surface area is 134 Å². The molecular formula is C17H18N4O2. The Bertz CT molecular complexity index is 744. The summed E-state index contributed by atoms with van der Waals surface area (Å²) in [5, 5.41) is 28.0. The zero-order valence-corrected chi connectivity index (χ0v) is 12.8. The molecule has 1 aromatic heterocycles. The largest absolute Gasteiger partial charge is 0.507 e. The second-order valence-electron chi connectivity index (χ2n) is 5.44. The molecule has 2 aromatic rings. The van der Waals surface area contributed by atoms with Crippen molar-refractivity contribution in [2.45, 2.75) is 32.2 Å². The van der Waals surface area contributed by atoms with E-state index in [0.29, 0.717) is 11.6 Å². The van der Waals surface area contributed by atoms with Crippen molar-refractivity contribution in [1.82, 2.24) is 14.8 Å². The number of aliphatic hydroxyl groups excluding tert-OH is 1. The zero-order valence-electron chi connectivity index (χ0n) is 12.8. The Kier molecular flexibility index (Phi) is 4.57. The van der Waals surface area contributed by atoms with E-state index < -0.39 is 0 Å². The van der Waals surface area contributed by atoms with Gasteiger partial charge in [-0.3, -0.25) is 0 Å². The van der Waals surface area contributed by atoms with E-state index in [1.54, 1.807) is 12.1 Å². The molecule has 0 aliphatic carbocycles. The highest BCUT2D eigenvalue weighted by Gasteiger charge is 2.20. The number of ether oxygens (including phenoxy) is 1. The summed E-state index contributed by atoms with van der Waals surface area (Å²) in [6, 6.07) is 11.2. The van der Waals surface area contributed by atoms with Gasteiger partial charge in [-0.2, -0.15) is 5.26 Å². The van der Waals surface area contributed by atoms with Gasteiger partial charge >= 0.3 is 0 Å². The molecule has 1 N–H and O–H groups in total. The maximum atomic E-state index is 10.3. The summed E-state index contributed by atoms with van der Waals surface area (Å²) in [5.74, 6) is 1.81. The second kappa shape index (κ2) is 6.97. The highest BCUT2D eigenvalue weighted by Crippen LogP contribution is 2.21. The lowest BCUT2D eigenvalue weighted by Crippen LogP contribution is -2.09. The molecule has 0 atom stereocenters. The second-order valence-corrected chi connectivity index (χ2v) is 5.44. The fraction of sp³-hybridized carbons (Fsp3) is 0.353. The number of benzene rings is 1. The molecule has 0 unspecified atom stereocenters. The van der Waals surface area contributed by atoms with Crippen molar-refractivity contribution in [3.63, 3.8) is 0 Å². The van der Waals surface area contributed by atoms with Crippen LogP contribution in [0.25, 0.3) is 5.57 Å². The van der Waals surface area contributed by atoms with E-state index in [2.05, 4.69) is 10.2 Å². The van der Waals surface area contributed by atoms with Crippen LogP contribution in [-0.4, -0.2) is 26.5 Å². The lowest BCUT2D eigenvalue weighted by atomic mass is 10.2. The van der Waals surface area contributed by atoms with Gasteiger partial charge in [0, 0.05) is 13.0 Å². The van der Waals surface area contributed by atoms with Gasteiger partial charge in [-0.05, 0) is 25.0 Å². The van der Waals surface area contributed by atoms with E-state index in [1.807, 2.05) is 28.8 Å². The Balaban J connectivity index is 1.84. The Hall–Kier alpha value is -2.81. The van der Waals surface area contributed by atoms with Crippen LogP contribution in [0.2, 0.25) is 0 Å². The number of allylic oxidation sites excluding steroid dienone is 1. The number of rotatable bonds is 4. The van der Waals surface area contributed by atoms with Crippen LogP contribution in [-0.2, 0) is 13.0 Å². The SMILES string of the molecule is N#C/C(=C(/O)COc1ccccc1)c1nnc2n1CCCCC2. The number of fused-ring (bicyclic) bond motifs is 1. The number of nitrogens with zero attached hydrogens (tertiary/aromatic N) is 4. The van der Waals surface area contributed by atoms with Crippen molar-refractivity contribution >= 4 is 5.57 Å². The van der Waals surface area contributed by atoms with Gasteiger partial charge in [0.2, 0.25) is 0 Å². The molecule has 0 saturated heterocycles. The molecule has 0 bridgehead atoms. The van der Waals surface area contributed by atoms with Gasteiger partial charge in [-0.25, -0.2) is 0 Å². The quantitative estimate of drug-likeness (QED) is 0.693. The molecule has 1 aliphatic rings. The fourth-order valence-corrected chi connectivity index (χ4v) is 2.65. The third-order valence-corrected chi connectivity index (χ3v) is 3.85. The van der Waals surface area contributed by atoms with Gasteiger partial charge in [0.15, 0.2) is 11.6 Å². The first-order chi connectivity index (χ1) is 11.3. The van der Waals surface area contributed by atoms with Gasteiger partial charge in [0.25, 0.3) is 0 Å². The fourth-order valence-electron chi connectivity index (χ4n) is 2.65. The predicted molar refractivity (Wildman–Crippen MR) is 84.7 cm³/mol. The number of nitriles is 1. The molecule has 6 heteroatoms. The van der Waals surface area contributed by atoms with Crippen molar-refractivity contribution in [2.24, 2.45) is 0 Å². The van der Waals surface area contributed by atoms with Crippen LogP contribution in [0, 0.1) is 11.3 Å². The van der Waals surface area contributed by atoms with Crippen molar-refractivity contribution in [1.29, 1.82) is 5.26 Å². The van der Waals surface area contributed by atoms with Gasteiger partial charge in [0.05, 0.1) is 0 Å². The first kappa shape index (κ1) is 15.1. The maximum absolute atomic E-state index is 10.3. The highest BCUT2D eigenvalue weighted by molar-refractivity contribution is 5.74. The van der Waals surface area contributed by atoms with Crippen LogP contribution in [0.5, 0.6) is 5.75 Å². The summed E-state index contributed by atoms with van der Waals surface area (Å²) in [6.45, 7) is 0.699. The summed E-state index contributed by atoms with van der Waals surface area (Å²) in [6.07, 6.45) is 4.09. The van der Waals surface area contributed by atoms with E-state index in [9.17, 15) is 10.4 Å². The van der Waals surface area contributed by atoms with E-state index in [1.165, 1.54) is 0 Å². The number of para-hydroxylation sites is 1. The summed E-state index contributed by atoms with van der Waals surface area (Å²) in [5.41, 5.74) is 0.126. The molecule has 0 radical (unpaired) electrons. The average molecular weight is 310 g/mol. The third kappa shape index (κ3) is 3.34. The summed E-state index contributed by atoms with van der Waals surface area (Å²) in [7, 11) is 0. The molecule has 0 amide bonds. The Morgan fingerprint density at radius 3 is 2.83 bits per heavy atom. The topological polar surface area (TPSA) is 84.0 Å². The van der Waals surface area contributed by atoms with E-state index in [0.717, 1.165) is 38.1 Å². The van der Waals surface area contributed by atoms with Crippen LogP contribution in [0.3, 0.4) is 0 Å². The van der Waals surface area contributed by atoms with Gasteiger partial charge < -0.3 is 14.4 Å². The molecule has 0 spiro atoms. The molecule has 6 nitrogen and oxygen atoms in total. The van der Waals surface area contributed by atoms with Gasteiger partial charge in [-0.1, -0.05) is 24.6 Å². The Morgan fingerprint density at radius 2 is 2.04 bits per heavy atom. The van der Waals surface area contributed by atoms with Crippen LogP contribution in [0.4, 0.5) is 0 Å². The molecule has 3 rings (SSSR count). The first-order valence-corrected chi connectivity index (χ1v) is 7.72. The van der Waals surface area contributed by atoms with Crippen molar-refractivity contribution < 1.29 is 9.84 Å². The third-order valence-electron chi connectivity index (χ3n) is 3.85. The summed E-state index contributed by atoms with van der Waals surface area (Å²) >= 11 is 0. The van der Waals surface area contributed by atoms with Gasteiger partial charge in [0.1, 0.15) is 29.8 Å². The molecule has 118 valence electrons. The molecule has 23 heavy (non-hydrogen) atoms. The molecular weight excluding hydrogens is 292 g/mol. The normalized spacial score (nSPS) is 15.1. The minimum Gasteiger partial charge on any atom is -0.507 e. The van der Waals surface area contributed by atoms with Crippen molar-refractivity contribution in [3.05, 3.63) is 47.7 Å². The van der Waals surface area contributed by atoms with Crippen molar-refractivity contribution in [3.8, 4) is 11.8 Å². The number of hydrogen-bond acceptors (Lipinski definition) is 5. The van der Waals surface area contributed by atoms with E-state index in [4.69, 9.17) is 4.74 Å². The standard InChI is InChI=1S/C17H18N4O2/c18-11-14(15(22)12-23-13-7-3-1-4-8-13)17-20-19-16-9-5-2-6-10-21(16)17/h1,3-4,7-8,22H,2,5-6,9-10,12H2/b15-14-. The Morgan fingerprint density at radius 1 is 1.22 bits per heavy atom. The summed E-state index contributed by atoms with van der Waals surface area (Å²) in [4.78, 5) is 0. The molecule has 1 aliphatic heterocycles. The lowest BCUT2D eigenvalue weighted by molar-refractivity contribution is 0.272. The van der Waals surface area contributed by atoms with Gasteiger partial charge in [-0.15, -0.1) is 10.2 Å². The minimum absolute atomic E-state index is 0.0743. The average Bonchev–Trinajstić information content (AvgIpc) is 2.83. The number of aliphatic hydroxyl groups is 1. The van der Waals surface area contributed by atoms with E-state index >= 15 is 0 Å². The monoisotopic (exact) mass is 310 g/mol. The zero-order chi connectivity index (χ0) is 16.1. The maximum Gasteiger partial charge on any atom is 0.178 e. The molecule has 1 aromatic carbocycles. The van der Waals surface area contributed by atoms with Crippen LogP contribution in [0.1, 0.15) is 30.9 Å². The van der Waals surface area contributed by atoms with Crippen LogP contribution >= 0.6 is 0 Å². The minimum atomic E-state index is -0.129. The lowest BCUT2D eigenvalue weighted by Gasteiger charge is -2.09. The number of aromatic nitrogens is 3. The summed E-state index contributed by atoms with van der Waals surface area (Å²) < 4.78 is 7.44. The van der Waals surface area contributed by atoms with Crippen molar-refractivity contribution in [2.75, 3.05) is 6.61 Å². The highest BCUT2D eigenvalue weighted by atomic mass is 16.5. The molecule has 2 heterocycles. The molecule has 0 saturated carbocycles. The van der Waals surface area contributed by atoms with E-state index in [-0.39, 0.29) is 17.9 Å². The number of aryl methyl sites for hydroxylation is 1. The first-order valence-electron chi connectivity index (χ1n) is 7.72. The van der Waals surface area contributed by atoms with Crippen LogP contribution in [0.15, 0.2) is 36.1 Å². The number of hydrogen-bond donors (Lipinski definition) is 1.